The second-order valence-corrected chi connectivity index (χ2v) is 9.07. The van der Waals surface area contributed by atoms with Crippen LogP contribution < -0.4 is 4.90 Å². The molecule has 3 aromatic rings. The van der Waals surface area contributed by atoms with Crippen LogP contribution >= 0.6 is 11.3 Å². The van der Waals surface area contributed by atoms with Crippen LogP contribution in [0.1, 0.15) is 39.2 Å². The zero-order valence-corrected chi connectivity index (χ0v) is 17.8. The summed E-state index contributed by atoms with van der Waals surface area (Å²) in [6.07, 6.45) is 4.11. The maximum absolute atomic E-state index is 13.2. The van der Waals surface area contributed by atoms with Crippen LogP contribution in [0.15, 0.2) is 30.6 Å². The summed E-state index contributed by atoms with van der Waals surface area (Å²) in [4.78, 5) is 28.1. The van der Waals surface area contributed by atoms with E-state index in [9.17, 15) is 4.79 Å². The van der Waals surface area contributed by atoms with E-state index in [0.29, 0.717) is 13.1 Å². The van der Waals surface area contributed by atoms with Crippen molar-refractivity contribution in [1.82, 2.24) is 14.9 Å². The fraction of sp³-hybridized carbons (Fsp3) is 0.391. The minimum Gasteiger partial charge on any atom is -0.351 e. The van der Waals surface area contributed by atoms with Gasteiger partial charge in [0.2, 0.25) is 0 Å². The molecule has 2 aromatic heterocycles. The van der Waals surface area contributed by atoms with Crippen LogP contribution in [-0.4, -0.2) is 40.4 Å². The van der Waals surface area contributed by atoms with Crippen molar-refractivity contribution in [2.45, 2.75) is 32.7 Å². The van der Waals surface area contributed by atoms with Gasteiger partial charge >= 0.3 is 0 Å². The van der Waals surface area contributed by atoms with Crippen molar-refractivity contribution in [3.63, 3.8) is 0 Å². The lowest BCUT2D eigenvalue weighted by Gasteiger charge is -2.30. The Morgan fingerprint density at radius 2 is 1.93 bits per heavy atom. The predicted molar refractivity (Wildman–Crippen MR) is 118 cm³/mol. The number of amides is 1. The number of thiophene rings is 1. The molecule has 0 atom stereocenters. The van der Waals surface area contributed by atoms with Gasteiger partial charge in [0.05, 0.1) is 16.3 Å². The van der Waals surface area contributed by atoms with Gasteiger partial charge in [0.25, 0.3) is 5.91 Å². The van der Waals surface area contributed by atoms with Gasteiger partial charge in [-0.2, -0.15) is 5.26 Å². The van der Waals surface area contributed by atoms with E-state index in [4.69, 9.17) is 5.26 Å². The van der Waals surface area contributed by atoms with Crippen molar-refractivity contribution in [2.75, 3.05) is 24.5 Å². The number of piperidine rings is 1. The molecule has 4 heterocycles. The van der Waals surface area contributed by atoms with Crippen LogP contribution in [0.25, 0.3) is 10.2 Å². The normalized spacial score (nSPS) is 17.1. The molecule has 1 aromatic carbocycles. The Kier molecular flexibility index (Phi) is 4.87. The van der Waals surface area contributed by atoms with Crippen molar-refractivity contribution < 1.29 is 4.79 Å². The van der Waals surface area contributed by atoms with Gasteiger partial charge in [-0.25, -0.2) is 9.97 Å². The highest BCUT2D eigenvalue weighted by atomic mass is 32.1. The van der Waals surface area contributed by atoms with Crippen LogP contribution in [0.3, 0.4) is 0 Å². The van der Waals surface area contributed by atoms with Gasteiger partial charge in [0, 0.05) is 32.1 Å². The summed E-state index contributed by atoms with van der Waals surface area (Å²) >= 11 is 1.46. The summed E-state index contributed by atoms with van der Waals surface area (Å²) in [5, 5.41) is 10.1. The molecule has 6 nitrogen and oxygen atoms in total. The molecule has 0 bridgehead atoms. The zero-order chi connectivity index (χ0) is 20.7. The molecule has 152 valence electrons. The van der Waals surface area contributed by atoms with E-state index in [1.165, 1.54) is 22.5 Å². The number of hydrogen-bond donors (Lipinski definition) is 0. The Morgan fingerprint density at radius 3 is 2.70 bits per heavy atom. The number of fused-ring (bicyclic) bond motifs is 2. The molecule has 0 saturated carbocycles. The molecule has 0 unspecified atom stereocenters. The number of carbonyl (C=O) groups is 1. The number of benzene rings is 1. The monoisotopic (exact) mass is 417 g/mol. The van der Waals surface area contributed by atoms with Gasteiger partial charge in [-0.15, -0.1) is 11.3 Å². The molecule has 7 heteroatoms. The number of anilines is 1. The zero-order valence-electron chi connectivity index (χ0n) is 17.0. The smallest absolute Gasteiger partial charge is 0.264 e. The van der Waals surface area contributed by atoms with E-state index < -0.39 is 0 Å². The van der Waals surface area contributed by atoms with Crippen LogP contribution in [0, 0.1) is 24.2 Å². The molecular formula is C23H23N5OS. The standard InChI is InChI=1S/C23H23N5OS/c1-15-19-21(28-11-8-17-4-2-3-5-18(17)13-28)25-14-26-22(19)30-20(15)23(29)27-9-6-16(12-24)7-10-27/h2-5,14,16H,6-11,13H2,1H3. The Hall–Kier alpha value is -2.98. The second-order valence-electron chi connectivity index (χ2n) is 8.07. The maximum Gasteiger partial charge on any atom is 0.264 e. The van der Waals surface area contributed by atoms with Crippen LogP contribution in [0.2, 0.25) is 0 Å². The van der Waals surface area contributed by atoms with E-state index in [1.807, 2.05) is 11.8 Å². The van der Waals surface area contributed by atoms with Crippen molar-refractivity contribution in [2.24, 2.45) is 5.92 Å². The summed E-state index contributed by atoms with van der Waals surface area (Å²) in [6.45, 7) is 5.03. The number of rotatable bonds is 2. The first-order valence-electron chi connectivity index (χ1n) is 10.4. The summed E-state index contributed by atoms with van der Waals surface area (Å²) in [5.41, 5.74) is 3.70. The topological polar surface area (TPSA) is 73.1 Å². The largest absolute Gasteiger partial charge is 0.351 e. The van der Waals surface area contributed by atoms with Crippen LogP contribution in [0.4, 0.5) is 5.82 Å². The van der Waals surface area contributed by atoms with Crippen molar-refractivity contribution in [1.29, 1.82) is 5.26 Å². The summed E-state index contributed by atoms with van der Waals surface area (Å²) in [7, 11) is 0. The van der Waals surface area contributed by atoms with E-state index >= 15 is 0 Å². The minimum atomic E-state index is 0.0572. The number of likely N-dealkylation sites (tertiary alicyclic amines) is 1. The van der Waals surface area contributed by atoms with Gasteiger partial charge in [-0.05, 0) is 42.9 Å². The van der Waals surface area contributed by atoms with Gasteiger partial charge in [0.1, 0.15) is 17.0 Å². The molecule has 0 N–H and O–H groups in total. The molecule has 30 heavy (non-hydrogen) atoms. The average Bonchev–Trinajstić information content (AvgIpc) is 3.15. The highest BCUT2D eigenvalue weighted by molar-refractivity contribution is 7.20. The fourth-order valence-electron chi connectivity index (χ4n) is 4.53. The van der Waals surface area contributed by atoms with Gasteiger partial charge < -0.3 is 9.80 Å². The number of nitriles is 1. The quantitative estimate of drug-likeness (QED) is 0.631. The molecule has 1 saturated heterocycles. The van der Waals surface area contributed by atoms with Gasteiger partial charge in [-0.3, -0.25) is 4.79 Å². The van der Waals surface area contributed by atoms with Crippen LogP contribution in [-0.2, 0) is 13.0 Å². The molecule has 0 spiro atoms. The molecule has 0 radical (unpaired) electrons. The van der Waals surface area contributed by atoms with Crippen molar-refractivity contribution in [3.8, 4) is 6.07 Å². The van der Waals surface area contributed by atoms with Gasteiger partial charge in [0.15, 0.2) is 0 Å². The average molecular weight is 418 g/mol. The Bertz CT molecular complexity index is 1160. The third kappa shape index (κ3) is 3.21. The molecule has 5 rings (SSSR count). The predicted octanol–water partition coefficient (Wildman–Crippen LogP) is 3.94. The highest BCUT2D eigenvalue weighted by Crippen LogP contribution is 2.37. The molecule has 1 amide bonds. The summed E-state index contributed by atoms with van der Waals surface area (Å²) in [5.74, 6) is 1.05. The van der Waals surface area contributed by atoms with Crippen LogP contribution in [0.5, 0.6) is 0 Å². The summed E-state index contributed by atoms with van der Waals surface area (Å²) < 4.78 is 0. The molecule has 1 fully saturated rings. The number of hydrogen-bond acceptors (Lipinski definition) is 6. The lowest BCUT2D eigenvalue weighted by molar-refractivity contribution is 0.0711. The number of nitrogens with zero attached hydrogens (tertiary/aromatic N) is 5. The first-order chi connectivity index (χ1) is 14.7. The number of aryl methyl sites for hydroxylation is 1. The lowest BCUT2D eigenvalue weighted by Crippen LogP contribution is -2.38. The molecule has 2 aliphatic heterocycles. The Labute approximate surface area is 179 Å². The van der Waals surface area contributed by atoms with Gasteiger partial charge in [-0.1, -0.05) is 24.3 Å². The first-order valence-corrected chi connectivity index (χ1v) is 11.2. The van der Waals surface area contributed by atoms with Crippen molar-refractivity contribution in [3.05, 3.63) is 52.2 Å². The minimum absolute atomic E-state index is 0.0572. The van der Waals surface area contributed by atoms with E-state index in [0.717, 1.165) is 58.8 Å². The van der Waals surface area contributed by atoms with E-state index in [-0.39, 0.29) is 11.8 Å². The van der Waals surface area contributed by atoms with Crippen molar-refractivity contribution >= 4 is 33.3 Å². The molecule has 2 aliphatic rings. The Morgan fingerprint density at radius 1 is 1.17 bits per heavy atom. The fourth-order valence-corrected chi connectivity index (χ4v) is 5.64. The molecule has 0 aliphatic carbocycles. The third-order valence-electron chi connectivity index (χ3n) is 6.30. The Balaban J connectivity index is 1.47. The lowest BCUT2D eigenvalue weighted by atomic mass is 9.98. The van der Waals surface area contributed by atoms with E-state index in [1.54, 1.807) is 6.33 Å². The SMILES string of the molecule is Cc1c(C(=O)N2CCC(C#N)CC2)sc2ncnc(N3CCc4ccccc4C3)c12. The highest BCUT2D eigenvalue weighted by Gasteiger charge is 2.28. The van der Waals surface area contributed by atoms with E-state index in [2.05, 4.69) is 45.2 Å². The maximum atomic E-state index is 13.2. The second kappa shape index (κ2) is 7.69. The first kappa shape index (κ1) is 19.0. The number of aromatic nitrogens is 2. The molecular weight excluding hydrogens is 394 g/mol. The summed E-state index contributed by atoms with van der Waals surface area (Å²) in [6, 6.07) is 10.9. The third-order valence-corrected chi connectivity index (χ3v) is 7.48. The number of carbonyl (C=O) groups excluding carboxylic acids is 1.